The number of rotatable bonds is 3. The van der Waals surface area contributed by atoms with Crippen molar-refractivity contribution in [2.24, 2.45) is 5.92 Å². The standard InChI is InChI=1S/C14H17NO3/c16-10-13-7-4-8-15(9-13)14(17)18-11-12-5-2-1-3-6-12/h1-3,5-6,10,13H,4,7-9,11H2/t13-/m0/s1. The molecule has 18 heavy (non-hydrogen) atoms. The summed E-state index contributed by atoms with van der Waals surface area (Å²) in [5, 5.41) is 0. The van der Waals surface area contributed by atoms with Crippen molar-refractivity contribution < 1.29 is 14.3 Å². The lowest BCUT2D eigenvalue weighted by molar-refractivity contribution is -0.112. The molecule has 1 saturated heterocycles. The van der Waals surface area contributed by atoms with Gasteiger partial charge in [0.05, 0.1) is 0 Å². The van der Waals surface area contributed by atoms with Gasteiger partial charge in [-0.25, -0.2) is 4.79 Å². The predicted molar refractivity (Wildman–Crippen MR) is 67.0 cm³/mol. The van der Waals surface area contributed by atoms with Gasteiger partial charge in [0.2, 0.25) is 0 Å². The molecule has 0 bridgehead atoms. The fourth-order valence-corrected chi connectivity index (χ4v) is 2.10. The number of carbonyl (C=O) groups is 2. The third kappa shape index (κ3) is 3.32. The minimum absolute atomic E-state index is 0.0389. The molecule has 2 rings (SSSR count). The number of hydrogen-bond acceptors (Lipinski definition) is 3. The Morgan fingerprint density at radius 1 is 1.39 bits per heavy atom. The van der Waals surface area contributed by atoms with Crippen LogP contribution >= 0.6 is 0 Å². The molecule has 1 amide bonds. The maximum Gasteiger partial charge on any atom is 0.410 e. The third-order valence-corrected chi connectivity index (χ3v) is 3.11. The van der Waals surface area contributed by atoms with E-state index in [4.69, 9.17) is 4.74 Å². The van der Waals surface area contributed by atoms with Crippen molar-refractivity contribution in [2.75, 3.05) is 13.1 Å². The van der Waals surface area contributed by atoms with Crippen molar-refractivity contribution in [3.8, 4) is 0 Å². The maximum absolute atomic E-state index is 11.8. The number of piperidine rings is 1. The van der Waals surface area contributed by atoms with Gasteiger partial charge in [-0.1, -0.05) is 30.3 Å². The summed E-state index contributed by atoms with van der Waals surface area (Å²) in [5.41, 5.74) is 0.967. The van der Waals surface area contributed by atoms with Gasteiger partial charge < -0.3 is 14.4 Å². The quantitative estimate of drug-likeness (QED) is 0.769. The Bertz CT molecular complexity index is 405. The Morgan fingerprint density at radius 3 is 2.89 bits per heavy atom. The van der Waals surface area contributed by atoms with E-state index in [0.717, 1.165) is 24.7 Å². The predicted octanol–water partition coefficient (Wildman–Crippen LogP) is 2.23. The lowest BCUT2D eigenvalue weighted by Crippen LogP contribution is -2.40. The van der Waals surface area contributed by atoms with Gasteiger partial charge in [-0.3, -0.25) is 0 Å². The van der Waals surface area contributed by atoms with E-state index >= 15 is 0 Å². The molecule has 0 radical (unpaired) electrons. The molecule has 0 aliphatic carbocycles. The van der Waals surface area contributed by atoms with Crippen molar-refractivity contribution in [1.82, 2.24) is 4.90 Å². The largest absolute Gasteiger partial charge is 0.445 e. The SMILES string of the molecule is O=C[C@H]1CCCN(C(=O)OCc2ccccc2)C1. The Labute approximate surface area is 107 Å². The molecule has 4 heteroatoms. The number of likely N-dealkylation sites (tertiary alicyclic amines) is 1. The summed E-state index contributed by atoms with van der Waals surface area (Å²) in [4.78, 5) is 24.2. The Balaban J connectivity index is 1.82. The first-order valence-corrected chi connectivity index (χ1v) is 6.20. The molecule has 0 spiro atoms. The van der Waals surface area contributed by atoms with Gasteiger partial charge in [-0.2, -0.15) is 0 Å². The summed E-state index contributed by atoms with van der Waals surface area (Å²) in [6, 6.07) is 9.57. The van der Waals surface area contributed by atoms with E-state index in [0.29, 0.717) is 13.1 Å². The summed E-state index contributed by atoms with van der Waals surface area (Å²) in [6.07, 6.45) is 2.33. The molecule has 0 unspecified atom stereocenters. The highest BCUT2D eigenvalue weighted by atomic mass is 16.6. The van der Waals surface area contributed by atoms with Crippen LogP contribution in [0.15, 0.2) is 30.3 Å². The summed E-state index contributed by atoms with van der Waals surface area (Å²) >= 11 is 0. The van der Waals surface area contributed by atoms with E-state index in [1.54, 1.807) is 4.90 Å². The first kappa shape index (κ1) is 12.6. The molecule has 1 aliphatic heterocycles. The van der Waals surface area contributed by atoms with E-state index in [9.17, 15) is 9.59 Å². The Kier molecular flexibility index (Phi) is 4.34. The smallest absolute Gasteiger partial charge is 0.410 e. The van der Waals surface area contributed by atoms with Crippen LogP contribution in [0.5, 0.6) is 0 Å². The van der Waals surface area contributed by atoms with Crippen molar-refractivity contribution in [1.29, 1.82) is 0 Å². The monoisotopic (exact) mass is 247 g/mol. The van der Waals surface area contributed by atoms with Crippen molar-refractivity contribution in [3.05, 3.63) is 35.9 Å². The van der Waals surface area contributed by atoms with Crippen LogP contribution in [-0.2, 0) is 16.1 Å². The van der Waals surface area contributed by atoms with E-state index in [2.05, 4.69) is 0 Å². The first-order chi connectivity index (χ1) is 8.79. The summed E-state index contributed by atoms with van der Waals surface area (Å²) in [6.45, 7) is 1.44. The molecule has 96 valence electrons. The molecule has 1 aromatic carbocycles. The van der Waals surface area contributed by atoms with Crippen LogP contribution in [0.3, 0.4) is 0 Å². The van der Waals surface area contributed by atoms with Gasteiger partial charge in [-0.05, 0) is 18.4 Å². The molecule has 4 nitrogen and oxygen atoms in total. The fraction of sp³-hybridized carbons (Fsp3) is 0.429. The zero-order valence-corrected chi connectivity index (χ0v) is 10.2. The van der Waals surface area contributed by atoms with Crippen LogP contribution < -0.4 is 0 Å². The summed E-state index contributed by atoms with van der Waals surface area (Å²) in [7, 11) is 0. The second-order valence-corrected chi connectivity index (χ2v) is 4.52. The summed E-state index contributed by atoms with van der Waals surface area (Å²) in [5.74, 6) is -0.0389. The van der Waals surface area contributed by atoms with Gasteiger partial charge in [-0.15, -0.1) is 0 Å². The highest BCUT2D eigenvalue weighted by molar-refractivity contribution is 5.68. The van der Waals surface area contributed by atoms with E-state index in [1.165, 1.54) is 0 Å². The number of nitrogens with zero attached hydrogens (tertiary/aromatic N) is 1. The molecule has 0 N–H and O–H groups in total. The lowest BCUT2D eigenvalue weighted by atomic mass is 10.0. The summed E-state index contributed by atoms with van der Waals surface area (Å²) < 4.78 is 5.23. The maximum atomic E-state index is 11.8. The van der Waals surface area contributed by atoms with Crippen molar-refractivity contribution in [2.45, 2.75) is 19.4 Å². The second kappa shape index (κ2) is 6.19. The van der Waals surface area contributed by atoms with Crippen LogP contribution in [0.2, 0.25) is 0 Å². The number of aldehydes is 1. The van der Waals surface area contributed by atoms with Crippen molar-refractivity contribution >= 4 is 12.4 Å². The highest BCUT2D eigenvalue weighted by Crippen LogP contribution is 2.15. The lowest BCUT2D eigenvalue weighted by Gasteiger charge is -2.29. The van der Waals surface area contributed by atoms with Gasteiger partial charge >= 0.3 is 6.09 Å². The normalized spacial score (nSPS) is 19.3. The average Bonchev–Trinajstić information content (AvgIpc) is 2.46. The van der Waals surface area contributed by atoms with Crippen LogP contribution in [0.1, 0.15) is 18.4 Å². The van der Waals surface area contributed by atoms with Gasteiger partial charge in [0.15, 0.2) is 0 Å². The number of ether oxygens (including phenoxy) is 1. The van der Waals surface area contributed by atoms with Gasteiger partial charge in [0.25, 0.3) is 0 Å². The molecular formula is C14H17NO3. The molecular weight excluding hydrogens is 230 g/mol. The molecule has 0 saturated carbocycles. The average molecular weight is 247 g/mol. The van der Waals surface area contributed by atoms with E-state index in [1.807, 2.05) is 30.3 Å². The second-order valence-electron chi connectivity index (χ2n) is 4.52. The van der Waals surface area contributed by atoms with Crippen LogP contribution in [0, 0.1) is 5.92 Å². The number of amides is 1. The van der Waals surface area contributed by atoms with Crippen molar-refractivity contribution in [3.63, 3.8) is 0 Å². The Hall–Kier alpha value is -1.84. The molecule has 1 atom stereocenters. The Morgan fingerprint density at radius 2 is 2.17 bits per heavy atom. The number of carbonyl (C=O) groups excluding carboxylic acids is 2. The molecule has 1 heterocycles. The van der Waals surface area contributed by atoms with Crippen LogP contribution in [-0.4, -0.2) is 30.4 Å². The molecule has 1 aromatic rings. The minimum atomic E-state index is -0.328. The van der Waals surface area contributed by atoms with Crippen LogP contribution in [0.4, 0.5) is 4.79 Å². The van der Waals surface area contributed by atoms with E-state index < -0.39 is 0 Å². The third-order valence-electron chi connectivity index (χ3n) is 3.11. The molecule has 1 aliphatic rings. The molecule has 0 aromatic heterocycles. The number of benzene rings is 1. The molecule has 1 fully saturated rings. The van der Waals surface area contributed by atoms with Gasteiger partial charge in [0, 0.05) is 19.0 Å². The highest BCUT2D eigenvalue weighted by Gasteiger charge is 2.24. The first-order valence-electron chi connectivity index (χ1n) is 6.20. The topological polar surface area (TPSA) is 46.6 Å². The van der Waals surface area contributed by atoms with E-state index in [-0.39, 0.29) is 18.6 Å². The van der Waals surface area contributed by atoms with Crippen LogP contribution in [0.25, 0.3) is 0 Å². The number of hydrogen-bond donors (Lipinski definition) is 0. The zero-order chi connectivity index (χ0) is 12.8. The van der Waals surface area contributed by atoms with Gasteiger partial charge in [0.1, 0.15) is 12.9 Å². The zero-order valence-electron chi connectivity index (χ0n) is 10.2. The minimum Gasteiger partial charge on any atom is -0.445 e. The fourth-order valence-electron chi connectivity index (χ4n) is 2.10.